The van der Waals surface area contributed by atoms with Crippen LogP contribution in [0.25, 0.3) is 10.9 Å². The maximum Gasteiger partial charge on any atom is 0.253 e. The third-order valence-corrected chi connectivity index (χ3v) is 3.46. The van der Waals surface area contributed by atoms with Gasteiger partial charge in [0, 0.05) is 23.6 Å². The number of carbonyl (C=O) groups excluding carboxylic acids is 1. The van der Waals surface area contributed by atoms with Crippen LogP contribution < -0.4 is 5.32 Å². The van der Waals surface area contributed by atoms with Crippen molar-refractivity contribution < 1.29 is 9.90 Å². The van der Waals surface area contributed by atoms with E-state index < -0.39 is 0 Å². The molecule has 0 aliphatic carbocycles. The van der Waals surface area contributed by atoms with E-state index in [1.807, 2.05) is 48.5 Å². The second-order valence-electron chi connectivity index (χ2n) is 4.91. The quantitative estimate of drug-likeness (QED) is 0.687. The molecule has 0 radical (unpaired) electrons. The van der Waals surface area contributed by atoms with Gasteiger partial charge in [0.2, 0.25) is 0 Å². The number of aliphatic hydroxyl groups is 1. The molecule has 1 heterocycles. The van der Waals surface area contributed by atoms with Gasteiger partial charge in [-0.15, -0.1) is 0 Å². The highest BCUT2D eigenvalue weighted by atomic mass is 16.3. The number of nitrogens with one attached hydrogen (secondary N) is 2. The first-order chi connectivity index (χ1) is 10.3. The maximum atomic E-state index is 12.3. The van der Waals surface area contributed by atoms with Gasteiger partial charge in [0.25, 0.3) is 5.91 Å². The molecule has 1 amide bonds. The van der Waals surface area contributed by atoms with Crippen molar-refractivity contribution in [2.24, 2.45) is 0 Å². The van der Waals surface area contributed by atoms with Gasteiger partial charge >= 0.3 is 0 Å². The van der Waals surface area contributed by atoms with E-state index in [1.165, 1.54) is 0 Å². The molecule has 21 heavy (non-hydrogen) atoms. The van der Waals surface area contributed by atoms with Crippen LogP contribution in [-0.2, 0) is 13.2 Å². The summed E-state index contributed by atoms with van der Waals surface area (Å²) in [7, 11) is 0. The Hall–Kier alpha value is -2.59. The van der Waals surface area contributed by atoms with Crippen LogP contribution in [0.5, 0.6) is 0 Å². The van der Waals surface area contributed by atoms with Crippen LogP contribution in [0.3, 0.4) is 0 Å². The van der Waals surface area contributed by atoms with Crippen molar-refractivity contribution in [3.8, 4) is 0 Å². The summed E-state index contributed by atoms with van der Waals surface area (Å²) in [5, 5.41) is 12.9. The second kappa shape index (κ2) is 5.81. The maximum absolute atomic E-state index is 12.3. The van der Waals surface area contributed by atoms with E-state index >= 15 is 0 Å². The van der Waals surface area contributed by atoms with Crippen LogP contribution in [-0.4, -0.2) is 16.0 Å². The van der Waals surface area contributed by atoms with Gasteiger partial charge in [0.05, 0.1) is 12.2 Å². The number of aromatic nitrogens is 1. The molecule has 4 heteroatoms. The molecule has 3 N–H and O–H groups in total. The van der Waals surface area contributed by atoms with Gasteiger partial charge in [0.1, 0.15) is 0 Å². The van der Waals surface area contributed by atoms with Crippen molar-refractivity contribution in [3.63, 3.8) is 0 Å². The SMILES string of the molecule is O=C(NCc1cccc(CO)c1)c1c[nH]c2ccccc12. The van der Waals surface area contributed by atoms with Crippen molar-refractivity contribution in [2.75, 3.05) is 0 Å². The second-order valence-corrected chi connectivity index (χ2v) is 4.91. The minimum atomic E-state index is -0.109. The van der Waals surface area contributed by atoms with Crippen LogP contribution >= 0.6 is 0 Å². The highest BCUT2D eigenvalue weighted by Gasteiger charge is 2.11. The van der Waals surface area contributed by atoms with Gasteiger partial charge < -0.3 is 15.4 Å². The average molecular weight is 280 g/mol. The number of amides is 1. The van der Waals surface area contributed by atoms with Crippen LogP contribution in [0.15, 0.2) is 54.7 Å². The summed E-state index contributed by atoms with van der Waals surface area (Å²) in [5.74, 6) is -0.109. The Morgan fingerprint density at radius 2 is 1.90 bits per heavy atom. The zero-order valence-corrected chi connectivity index (χ0v) is 11.5. The molecule has 0 saturated heterocycles. The predicted octanol–water partition coefficient (Wildman–Crippen LogP) is 2.59. The van der Waals surface area contributed by atoms with E-state index in [1.54, 1.807) is 6.20 Å². The zero-order chi connectivity index (χ0) is 14.7. The topological polar surface area (TPSA) is 65.1 Å². The van der Waals surface area contributed by atoms with Crippen molar-refractivity contribution >= 4 is 16.8 Å². The monoisotopic (exact) mass is 280 g/mol. The van der Waals surface area contributed by atoms with E-state index in [0.717, 1.165) is 22.0 Å². The van der Waals surface area contributed by atoms with Gasteiger partial charge in [-0.3, -0.25) is 4.79 Å². The Kier molecular flexibility index (Phi) is 3.71. The normalized spacial score (nSPS) is 10.7. The number of aromatic amines is 1. The average Bonchev–Trinajstić information content (AvgIpc) is 2.97. The van der Waals surface area contributed by atoms with Crippen LogP contribution in [0.2, 0.25) is 0 Å². The van der Waals surface area contributed by atoms with E-state index in [-0.39, 0.29) is 12.5 Å². The first-order valence-corrected chi connectivity index (χ1v) is 6.81. The lowest BCUT2D eigenvalue weighted by atomic mass is 10.1. The molecule has 2 aromatic carbocycles. The molecule has 0 fully saturated rings. The fourth-order valence-electron chi connectivity index (χ4n) is 2.37. The van der Waals surface area contributed by atoms with E-state index in [4.69, 9.17) is 5.11 Å². The summed E-state index contributed by atoms with van der Waals surface area (Å²) in [4.78, 5) is 15.4. The molecule has 0 aliphatic heterocycles. The van der Waals surface area contributed by atoms with Gasteiger partial charge in [0.15, 0.2) is 0 Å². The van der Waals surface area contributed by atoms with Crippen molar-refractivity contribution in [2.45, 2.75) is 13.2 Å². The lowest BCUT2D eigenvalue weighted by Gasteiger charge is -2.06. The number of hydrogen-bond acceptors (Lipinski definition) is 2. The summed E-state index contributed by atoms with van der Waals surface area (Å²) in [5.41, 5.74) is 3.40. The number of H-pyrrole nitrogens is 1. The van der Waals surface area contributed by atoms with E-state index in [0.29, 0.717) is 12.1 Å². The Bertz CT molecular complexity index is 777. The molecule has 0 unspecified atom stereocenters. The van der Waals surface area contributed by atoms with Gasteiger partial charge in [-0.2, -0.15) is 0 Å². The Labute approximate surface area is 122 Å². The fourth-order valence-corrected chi connectivity index (χ4v) is 2.37. The fraction of sp³-hybridized carbons (Fsp3) is 0.118. The van der Waals surface area contributed by atoms with E-state index in [9.17, 15) is 4.79 Å². The standard InChI is InChI=1S/C17H16N2O2/c20-11-13-5-3-4-12(8-13)9-19-17(21)15-10-18-16-7-2-1-6-14(15)16/h1-8,10,18,20H,9,11H2,(H,19,21). The molecule has 106 valence electrons. The number of benzene rings is 2. The summed E-state index contributed by atoms with van der Waals surface area (Å²) in [6.07, 6.45) is 1.73. The highest BCUT2D eigenvalue weighted by Crippen LogP contribution is 2.17. The molecular weight excluding hydrogens is 264 g/mol. The van der Waals surface area contributed by atoms with Gasteiger partial charge in [-0.25, -0.2) is 0 Å². The number of hydrogen-bond donors (Lipinski definition) is 3. The number of rotatable bonds is 4. The van der Waals surface area contributed by atoms with Crippen LogP contribution in [0.4, 0.5) is 0 Å². The predicted molar refractivity (Wildman–Crippen MR) is 81.8 cm³/mol. The van der Waals surface area contributed by atoms with Gasteiger partial charge in [-0.1, -0.05) is 42.5 Å². The number of aliphatic hydroxyl groups excluding tert-OH is 1. The van der Waals surface area contributed by atoms with Gasteiger partial charge in [-0.05, 0) is 17.2 Å². The number of fused-ring (bicyclic) bond motifs is 1. The Morgan fingerprint density at radius 1 is 1.10 bits per heavy atom. The summed E-state index contributed by atoms with van der Waals surface area (Å²) < 4.78 is 0. The van der Waals surface area contributed by atoms with Crippen molar-refractivity contribution in [3.05, 3.63) is 71.4 Å². The molecule has 0 aliphatic rings. The Balaban J connectivity index is 1.74. The molecule has 0 saturated carbocycles. The lowest BCUT2D eigenvalue weighted by Crippen LogP contribution is -2.22. The Morgan fingerprint density at radius 3 is 2.76 bits per heavy atom. The number of carbonyl (C=O) groups is 1. The minimum Gasteiger partial charge on any atom is -0.392 e. The third-order valence-electron chi connectivity index (χ3n) is 3.46. The smallest absolute Gasteiger partial charge is 0.253 e. The molecule has 3 aromatic rings. The largest absolute Gasteiger partial charge is 0.392 e. The molecule has 3 rings (SSSR count). The molecule has 0 spiro atoms. The summed E-state index contributed by atoms with van der Waals surface area (Å²) in [6, 6.07) is 15.2. The highest BCUT2D eigenvalue weighted by molar-refractivity contribution is 6.06. The molecular formula is C17H16N2O2. The van der Waals surface area contributed by atoms with E-state index in [2.05, 4.69) is 10.3 Å². The first kappa shape index (κ1) is 13.4. The summed E-state index contributed by atoms with van der Waals surface area (Å²) >= 11 is 0. The van der Waals surface area contributed by atoms with Crippen molar-refractivity contribution in [1.29, 1.82) is 0 Å². The third kappa shape index (κ3) is 2.80. The molecule has 0 atom stereocenters. The van der Waals surface area contributed by atoms with Crippen LogP contribution in [0, 0.1) is 0 Å². The van der Waals surface area contributed by atoms with Crippen molar-refractivity contribution in [1.82, 2.24) is 10.3 Å². The zero-order valence-electron chi connectivity index (χ0n) is 11.5. The van der Waals surface area contributed by atoms with Crippen LogP contribution in [0.1, 0.15) is 21.5 Å². The molecule has 4 nitrogen and oxygen atoms in total. The number of para-hydroxylation sites is 1. The summed E-state index contributed by atoms with van der Waals surface area (Å²) in [6.45, 7) is 0.441. The lowest BCUT2D eigenvalue weighted by molar-refractivity contribution is 0.0952. The first-order valence-electron chi connectivity index (χ1n) is 6.81. The molecule has 0 bridgehead atoms. The molecule has 1 aromatic heterocycles. The minimum absolute atomic E-state index is 0.00420.